The molecule has 8 nitrogen and oxygen atoms in total. The van der Waals surface area contributed by atoms with Crippen LogP contribution in [-0.4, -0.2) is 34.7 Å². The Bertz CT molecular complexity index is 1290. The van der Waals surface area contributed by atoms with Crippen LogP contribution in [0.2, 0.25) is 0 Å². The fourth-order valence-electron chi connectivity index (χ4n) is 3.35. The SMILES string of the molecule is CNC(=O)NC(=O)[C@H](OC(=O)c1cc(-c2ccccc2)nn1-c1ccccc1)c1ccccc1. The zero-order valence-electron chi connectivity index (χ0n) is 18.3. The molecule has 0 radical (unpaired) electrons. The zero-order valence-corrected chi connectivity index (χ0v) is 18.3. The topological polar surface area (TPSA) is 102 Å². The molecule has 4 rings (SSSR count). The van der Waals surface area contributed by atoms with Gasteiger partial charge in [0.1, 0.15) is 0 Å². The molecule has 0 spiro atoms. The van der Waals surface area contributed by atoms with Crippen LogP contribution < -0.4 is 10.6 Å². The zero-order chi connectivity index (χ0) is 23.9. The van der Waals surface area contributed by atoms with Gasteiger partial charge in [-0.25, -0.2) is 14.3 Å². The lowest BCUT2D eigenvalue weighted by atomic mass is 10.1. The molecule has 0 aliphatic rings. The van der Waals surface area contributed by atoms with Crippen LogP contribution >= 0.6 is 0 Å². The van der Waals surface area contributed by atoms with Crippen LogP contribution in [0, 0.1) is 0 Å². The lowest BCUT2D eigenvalue weighted by Crippen LogP contribution is -2.41. The van der Waals surface area contributed by atoms with Crippen molar-refractivity contribution in [3.05, 3.63) is 108 Å². The van der Waals surface area contributed by atoms with Gasteiger partial charge in [0.2, 0.25) is 6.10 Å². The number of ether oxygens (including phenoxy) is 1. The summed E-state index contributed by atoms with van der Waals surface area (Å²) in [6.45, 7) is 0. The maximum atomic E-state index is 13.4. The van der Waals surface area contributed by atoms with E-state index in [4.69, 9.17) is 4.74 Å². The number of aromatic nitrogens is 2. The van der Waals surface area contributed by atoms with Crippen molar-refractivity contribution in [1.29, 1.82) is 0 Å². The molecule has 2 N–H and O–H groups in total. The van der Waals surface area contributed by atoms with Crippen LogP contribution in [-0.2, 0) is 9.53 Å². The molecular weight excluding hydrogens is 432 g/mol. The molecule has 3 aromatic carbocycles. The fourth-order valence-corrected chi connectivity index (χ4v) is 3.35. The maximum Gasteiger partial charge on any atom is 0.358 e. The summed E-state index contributed by atoms with van der Waals surface area (Å²) in [6.07, 6.45) is -1.34. The van der Waals surface area contributed by atoms with Crippen LogP contribution in [0.3, 0.4) is 0 Å². The van der Waals surface area contributed by atoms with Gasteiger partial charge in [-0.05, 0) is 18.2 Å². The number of carbonyl (C=O) groups is 3. The number of esters is 1. The van der Waals surface area contributed by atoms with Gasteiger partial charge in [-0.1, -0.05) is 78.9 Å². The molecule has 34 heavy (non-hydrogen) atoms. The molecule has 1 atom stereocenters. The Morgan fingerprint density at radius 3 is 2.06 bits per heavy atom. The molecule has 1 heterocycles. The number of benzene rings is 3. The van der Waals surface area contributed by atoms with Gasteiger partial charge in [0.05, 0.1) is 11.4 Å². The minimum Gasteiger partial charge on any atom is -0.443 e. The van der Waals surface area contributed by atoms with Gasteiger partial charge in [0.25, 0.3) is 5.91 Å². The summed E-state index contributed by atoms with van der Waals surface area (Å²) in [6, 6.07) is 28.0. The lowest BCUT2D eigenvalue weighted by Gasteiger charge is -2.17. The van der Waals surface area contributed by atoms with Crippen LogP contribution in [0.25, 0.3) is 16.9 Å². The summed E-state index contributed by atoms with van der Waals surface area (Å²) in [4.78, 5) is 37.9. The Kier molecular flexibility index (Phi) is 6.78. The lowest BCUT2D eigenvalue weighted by molar-refractivity contribution is -0.129. The minimum absolute atomic E-state index is 0.138. The standard InChI is InChI=1S/C26H22N4O4/c1-27-26(33)28-24(31)23(19-13-7-3-8-14-19)34-25(32)22-17-21(18-11-5-2-6-12-18)29-30(22)20-15-9-4-10-16-20/h2-17,23H,1H3,(H2,27,28,31,33)/t23-/m1/s1. The van der Waals surface area contributed by atoms with E-state index in [-0.39, 0.29) is 5.69 Å². The maximum absolute atomic E-state index is 13.4. The first-order valence-corrected chi connectivity index (χ1v) is 10.6. The molecule has 1 aromatic heterocycles. The van der Waals surface area contributed by atoms with E-state index in [9.17, 15) is 14.4 Å². The summed E-state index contributed by atoms with van der Waals surface area (Å²) < 4.78 is 7.12. The van der Waals surface area contributed by atoms with Crippen LogP contribution in [0.4, 0.5) is 4.79 Å². The van der Waals surface area contributed by atoms with E-state index in [2.05, 4.69) is 15.7 Å². The summed E-state index contributed by atoms with van der Waals surface area (Å²) in [7, 11) is 1.38. The summed E-state index contributed by atoms with van der Waals surface area (Å²) in [5.74, 6) is -1.53. The quantitative estimate of drug-likeness (QED) is 0.430. The highest BCUT2D eigenvalue weighted by atomic mass is 16.5. The molecule has 0 saturated carbocycles. The average molecular weight is 454 g/mol. The minimum atomic E-state index is -1.34. The number of rotatable bonds is 6. The first-order chi connectivity index (χ1) is 16.6. The number of para-hydroxylation sites is 1. The molecule has 0 aliphatic carbocycles. The first-order valence-electron chi connectivity index (χ1n) is 10.6. The second kappa shape index (κ2) is 10.3. The number of nitrogens with zero attached hydrogens (tertiary/aromatic N) is 2. The van der Waals surface area contributed by atoms with Crippen molar-refractivity contribution in [3.8, 4) is 16.9 Å². The third-order valence-corrected chi connectivity index (χ3v) is 5.02. The molecule has 0 aliphatic heterocycles. The van der Waals surface area contributed by atoms with E-state index in [1.54, 1.807) is 36.4 Å². The normalized spacial score (nSPS) is 11.3. The van der Waals surface area contributed by atoms with E-state index < -0.39 is 24.0 Å². The van der Waals surface area contributed by atoms with E-state index in [0.29, 0.717) is 16.9 Å². The van der Waals surface area contributed by atoms with Gasteiger partial charge < -0.3 is 10.1 Å². The van der Waals surface area contributed by atoms with E-state index in [1.807, 2.05) is 60.7 Å². The van der Waals surface area contributed by atoms with Gasteiger partial charge in [0, 0.05) is 18.2 Å². The highest BCUT2D eigenvalue weighted by molar-refractivity contribution is 5.99. The molecule has 170 valence electrons. The number of urea groups is 1. The van der Waals surface area contributed by atoms with Gasteiger partial charge >= 0.3 is 12.0 Å². The Labute approximate surface area is 196 Å². The van der Waals surface area contributed by atoms with Crippen LogP contribution in [0.15, 0.2) is 97.1 Å². The number of hydrogen-bond acceptors (Lipinski definition) is 5. The number of carbonyl (C=O) groups excluding carboxylic acids is 3. The van der Waals surface area contributed by atoms with Crippen LogP contribution in [0.1, 0.15) is 22.2 Å². The van der Waals surface area contributed by atoms with Crippen molar-refractivity contribution >= 4 is 17.9 Å². The van der Waals surface area contributed by atoms with Crippen molar-refractivity contribution in [2.24, 2.45) is 0 Å². The van der Waals surface area contributed by atoms with Gasteiger partial charge in [-0.2, -0.15) is 5.10 Å². The third kappa shape index (κ3) is 5.02. The molecule has 4 aromatic rings. The second-order valence-electron chi connectivity index (χ2n) is 7.29. The Morgan fingerprint density at radius 2 is 1.44 bits per heavy atom. The van der Waals surface area contributed by atoms with Crippen molar-refractivity contribution in [1.82, 2.24) is 20.4 Å². The van der Waals surface area contributed by atoms with Gasteiger partial charge in [-0.15, -0.1) is 0 Å². The third-order valence-electron chi connectivity index (χ3n) is 5.02. The largest absolute Gasteiger partial charge is 0.443 e. The number of amides is 3. The predicted octanol–water partition coefficient (Wildman–Crippen LogP) is 3.89. The van der Waals surface area contributed by atoms with Gasteiger partial charge in [-0.3, -0.25) is 10.1 Å². The first kappa shape index (κ1) is 22.5. The monoisotopic (exact) mass is 454 g/mol. The Hall–Kier alpha value is -4.72. The predicted molar refractivity (Wildman–Crippen MR) is 126 cm³/mol. The van der Waals surface area contributed by atoms with Crippen LogP contribution in [0.5, 0.6) is 0 Å². The highest BCUT2D eigenvalue weighted by Crippen LogP contribution is 2.25. The van der Waals surface area contributed by atoms with E-state index >= 15 is 0 Å². The van der Waals surface area contributed by atoms with Crippen molar-refractivity contribution < 1.29 is 19.1 Å². The van der Waals surface area contributed by atoms with Crippen molar-refractivity contribution in [2.75, 3.05) is 7.05 Å². The number of imide groups is 1. The van der Waals surface area contributed by atoms with Gasteiger partial charge in [0.15, 0.2) is 5.69 Å². The smallest absolute Gasteiger partial charge is 0.358 e. The molecule has 3 amide bonds. The molecule has 8 heteroatoms. The second-order valence-corrected chi connectivity index (χ2v) is 7.29. The highest BCUT2D eigenvalue weighted by Gasteiger charge is 2.29. The molecular formula is C26H22N4O4. The molecule has 0 saturated heterocycles. The van der Waals surface area contributed by atoms with E-state index in [1.165, 1.54) is 11.7 Å². The Balaban J connectivity index is 1.72. The summed E-state index contributed by atoms with van der Waals surface area (Å²) in [5, 5.41) is 9.10. The molecule has 0 unspecified atom stereocenters. The molecule has 0 fully saturated rings. The van der Waals surface area contributed by atoms with E-state index in [0.717, 1.165) is 5.56 Å². The van der Waals surface area contributed by atoms with Crippen molar-refractivity contribution in [3.63, 3.8) is 0 Å². The summed E-state index contributed by atoms with van der Waals surface area (Å²) >= 11 is 0. The molecule has 0 bridgehead atoms. The summed E-state index contributed by atoms with van der Waals surface area (Å²) in [5.41, 5.74) is 2.61. The van der Waals surface area contributed by atoms with Crippen molar-refractivity contribution in [2.45, 2.75) is 6.10 Å². The average Bonchev–Trinajstić information content (AvgIpc) is 3.34. The number of hydrogen-bond donors (Lipinski definition) is 2. The fraction of sp³-hybridized carbons (Fsp3) is 0.0769. The Morgan fingerprint density at radius 1 is 0.853 bits per heavy atom. The number of nitrogens with one attached hydrogen (secondary N) is 2.